The summed E-state index contributed by atoms with van der Waals surface area (Å²) < 4.78 is 2.17. The molecule has 0 radical (unpaired) electrons. The fourth-order valence-electron chi connectivity index (χ4n) is 3.08. The second-order valence-corrected chi connectivity index (χ2v) is 13.6. The Bertz CT molecular complexity index is 719. The zero-order valence-corrected chi connectivity index (χ0v) is 23.3. The van der Waals surface area contributed by atoms with E-state index in [9.17, 15) is 0 Å². The average molecular weight is 526 g/mol. The summed E-state index contributed by atoms with van der Waals surface area (Å²) >= 11 is 1.46. The molecule has 0 nitrogen and oxygen atoms in total. The fourth-order valence-corrected chi connectivity index (χ4v) is 4.80. The predicted octanol–water partition coefficient (Wildman–Crippen LogP) is 7.52. The Balaban J connectivity index is 0. The molecule has 0 heterocycles. The van der Waals surface area contributed by atoms with Crippen molar-refractivity contribution in [3.8, 4) is 0 Å². The first kappa shape index (κ1) is 30.8. The molecule has 0 aromatic heterocycles. The van der Waals surface area contributed by atoms with Gasteiger partial charge in [-0.1, -0.05) is 45.3 Å². The third-order valence-corrected chi connectivity index (χ3v) is 7.58. The molecule has 160 valence electrons. The molecule has 4 heteroatoms. The molecular formula is C25H35Cl2SiZr-3. The zero-order chi connectivity index (χ0) is 18.8. The number of benzene rings is 1. The molecule has 2 aromatic rings. The van der Waals surface area contributed by atoms with Crippen molar-refractivity contribution < 1.29 is 24.2 Å². The van der Waals surface area contributed by atoms with Gasteiger partial charge in [0.05, 0.1) is 0 Å². The summed E-state index contributed by atoms with van der Waals surface area (Å²) in [6.07, 6.45) is 14.1. The molecule has 29 heavy (non-hydrogen) atoms. The van der Waals surface area contributed by atoms with E-state index in [-0.39, 0.29) is 32.2 Å². The van der Waals surface area contributed by atoms with Crippen LogP contribution in [0.4, 0.5) is 0 Å². The topological polar surface area (TPSA) is 0 Å². The van der Waals surface area contributed by atoms with Gasteiger partial charge in [0.15, 0.2) is 0 Å². The van der Waals surface area contributed by atoms with E-state index in [4.69, 9.17) is 0 Å². The van der Waals surface area contributed by atoms with Crippen LogP contribution in [0, 0.1) is 13.5 Å². The largest absolute Gasteiger partial charge is 0.210 e. The number of allylic oxidation sites excluding steroid dienone is 4. The molecule has 0 amide bonds. The molecule has 0 saturated carbocycles. The van der Waals surface area contributed by atoms with Gasteiger partial charge in [-0.2, -0.15) is 29.3 Å². The van der Waals surface area contributed by atoms with Crippen molar-refractivity contribution in [1.29, 1.82) is 0 Å². The number of hydrogen-bond donors (Lipinski definition) is 0. The van der Waals surface area contributed by atoms with E-state index in [1.165, 1.54) is 55.5 Å². The van der Waals surface area contributed by atoms with E-state index in [2.05, 4.69) is 84.0 Å². The number of hydrogen-bond acceptors (Lipinski definition) is 0. The monoisotopic (exact) mass is 523 g/mol. The van der Waals surface area contributed by atoms with Crippen molar-refractivity contribution in [2.45, 2.75) is 51.7 Å². The summed E-state index contributed by atoms with van der Waals surface area (Å²) in [6.45, 7) is 7.09. The molecule has 0 N–H and O–H groups in total. The summed E-state index contributed by atoms with van der Waals surface area (Å²) in [5, 5.41) is 1.56. The van der Waals surface area contributed by atoms with Crippen LogP contribution >= 0.6 is 24.8 Å². The minimum absolute atomic E-state index is 0. The quantitative estimate of drug-likeness (QED) is 0.281. The fraction of sp³-hybridized carbons (Fsp3) is 0.320. The summed E-state index contributed by atoms with van der Waals surface area (Å²) in [5.74, 6) is 0. The maximum absolute atomic E-state index is 3.20. The molecule has 4 rings (SSSR count). The standard InChI is InChI=1S/C9H11.C8H13Si.C7H6.CH3.2ClH.Zr/c1-2-5-9-7-3-6-8(9)4-1;1-9(2,3)8-6-4-5-7-8;1-7-5-3-2-4-6-7;;;;/h3,6-7H,1-2,4-5H2;6-7H,4H2,1-3H3;1-6H;1H3;2*1H;/q2*-1;;-1;;;. The van der Waals surface area contributed by atoms with Gasteiger partial charge in [0.1, 0.15) is 0 Å². The zero-order valence-electron chi connectivity index (χ0n) is 18.2. The van der Waals surface area contributed by atoms with Crippen molar-refractivity contribution in [1.82, 2.24) is 0 Å². The predicted molar refractivity (Wildman–Crippen MR) is 135 cm³/mol. The molecule has 0 bridgehead atoms. The molecule has 0 saturated heterocycles. The maximum atomic E-state index is 3.20. The first-order valence-corrected chi connectivity index (χ1v) is 14.5. The van der Waals surface area contributed by atoms with Crippen LogP contribution in [-0.4, -0.2) is 11.8 Å². The van der Waals surface area contributed by atoms with Gasteiger partial charge in [0.25, 0.3) is 0 Å². The normalized spacial score (nSPS) is 13.4. The van der Waals surface area contributed by atoms with Crippen LogP contribution in [0.2, 0.25) is 19.6 Å². The number of halogens is 2. The second kappa shape index (κ2) is 16.3. The molecule has 0 unspecified atom stereocenters. The molecule has 0 spiro atoms. The summed E-state index contributed by atoms with van der Waals surface area (Å²) in [6, 6.07) is 17.0. The van der Waals surface area contributed by atoms with Crippen molar-refractivity contribution in [3.05, 3.63) is 96.1 Å². The third kappa shape index (κ3) is 11.5. The summed E-state index contributed by atoms with van der Waals surface area (Å²) in [5.41, 5.74) is 4.52. The smallest absolute Gasteiger partial charge is 0.0512 e. The Labute approximate surface area is 207 Å². The van der Waals surface area contributed by atoms with Crippen LogP contribution in [-0.2, 0) is 37.1 Å². The summed E-state index contributed by atoms with van der Waals surface area (Å²) in [4.78, 5) is 0. The maximum Gasteiger partial charge on any atom is -0.0512 e. The first-order chi connectivity index (χ1) is 12.5. The molecule has 2 aliphatic rings. The Kier molecular flexibility index (Phi) is 17.3. The first-order valence-electron chi connectivity index (χ1n) is 9.57. The molecule has 2 aliphatic carbocycles. The third-order valence-electron chi connectivity index (χ3n) is 4.68. The van der Waals surface area contributed by atoms with Crippen LogP contribution in [0.5, 0.6) is 0 Å². The van der Waals surface area contributed by atoms with Crippen molar-refractivity contribution in [2.75, 3.05) is 0 Å². The molecule has 0 fully saturated rings. The average Bonchev–Trinajstić information content (AvgIpc) is 3.35. The van der Waals surface area contributed by atoms with Gasteiger partial charge < -0.3 is 7.43 Å². The van der Waals surface area contributed by atoms with Crippen molar-refractivity contribution >= 4 is 36.6 Å². The van der Waals surface area contributed by atoms with Crippen LogP contribution < -0.4 is 0 Å². The van der Waals surface area contributed by atoms with Gasteiger partial charge >= 0.3 is 63.8 Å². The molecule has 0 aliphatic heterocycles. The van der Waals surface area contributed by atoms with Gasteiger partial charge in [-0.3, -0.25) is 6.08 Å². The minimum atomic E-state index is -0.981. The van der Waals surface area contributed by atoms with E-state index in [1.807, 2.05) is 6.07 Å². The number of aryl methyl sites for hydroxylation is 2. The van der Waals surface area contributed by atoms with Gasteiger partial charge in [-0.25, -0.2) is 17.3 Å². The van der Waals surface area contributed by atoms with Crippen molar-refractivity contribution in [3.63, 3.8) is 0 Å². The van der Waals surface area contributed by atoms with E-state index in [0.717, 1.165) is 6.42 Å². The Hall–Kier alpha value is -0.400. The van der Waals surface area contributed by atoms with E-state index >= 15 is 0 Å². The van der Waals surface area contributed by atoms with Gasteiger partial charge in [0, 0.05) is 0 Å². The number of rotatable bonds is 2. The molecular weight excluding hydrogens is 490 g/mol. The van der Waals surface area contributed by atoms with Crippen LogP contribution in [0.1, 0.15) is 36.0 Å². The van der Waals surface area contributed by atoms with Crippen molar-refractivity contribution in [2.24, 2.45) is 0 Å². The Morgan fingerprint density at radius 2 is 1.66 bits per heavy atom. The van der Waals surface area contributed by atoms with Crippen LogP contribution in [0.25, 0.3) is 0 Å². The van der Waals surface area contributed by atoms with E-state index < -0.39 is 8.07 Å². The van der Waals surface area contributed by atoms with Gasteiger partial charge in [0.2, 0.25) is 0 Å². The minimum Gasteiger partial charge on any atom is -0.210 e. The molecule has 2 aromatic carbocycles. The Morgan fingerprint density at radius 3 is 2.10 bits per heavy atom. The van der Waals surface area contributed by atoms with E-state index in [0.29, 0.717) is 0 Å². The van der Waals surface area contributed by atoms with E-state index in [1.54, 1.807) is 16.3 Å². The van der Waals surface area contributed by atoms with Gasteiger partial charge in [-0.05, 0) is 8.07 Å². The Morgan fingerprint density at radius 1 is 1.00 bits per heavy atom. The SMILES string of the molecule is C[Si](C)(C)C1=CC[C-]=C1.Cl.Cl.[CH3-].[Zr]=[CH]c1ccccc1.c1cc2c([cH-]1)CCCC2. The van der Waals surface area contributed by atoms with Crippen LogP contribution in [0.15, 0.2) is 65.9 Å². The molecule has 0 atom stereocenters. The summed E-state index contributed by atoms with van der Waals surface area (Å²) in [7, 11) is -0.981. The van der Waals surface area contributed by atoms with Crippen LogP contribution in [0.3, 0.4) is 0 Å². The van der Waals surface area contributed by atoms with Gasteiger partial charge in [-0.15, -0.1) is 31.2 Å². The second-order valence-electron chi connectivity index (χ2n) is 7.80. The number of fused-ring (bicyclic) bond motifs is 1.